The average Bonchev–Trinajstić information content (AvgIpc) is 2.68. The zero-order valence-corrected chi connectivity index (χ0v) is 14.9. The normalized spacial score (nSPS) is 41.2. The lowest BCUT2D eigenvalue weighted by molar-refractivity contribution is -0.0142. The number of hydrogen-bond donors (Lipinski definition) is 3. The van der Waals surface area contributed by atoms with Gasteiger partial charge < -0.3 is 19.8 Å². The van der Waals surface area contributed by atoms with E-state index in [4.69, 9.17) is 13.8 Å². The van der Waals surface area contributed by atoms with Crippen molar-refractivity contribution in [1.82, 2.24) is 0 Å². The number of hydrogen-bond acceptors (Lipinski definition) is 6. The summed E-state index contributed by atoms with van der Waals surface area (Å²) < 4.78 is 28.4. The molecule has 5 atom stereocenters. The molecule has 0 aromatic carbocycles. The molecule has 1 heterocycles. The monoisotopic (exact) mass is 352 g/mol. The quantitative estimate of drug-likeness (QED) is 0.628. The van der Waals surface area contributed by atoms with Crippen molar-refractivity contribution >= 4 is 7.82 Å². The van der Waals surface area contributed by atoms with Crippen molar-refractivity contribution in [3.8, 4) is 0 Å². The average molecular weight is 352 g/mol. The molecule has 1 aliphatic carbocycles. The Morgan fingerprint density at radius 1 is 1.17 bits per heavy atom. The van der Waals surface area contributed by atoms with Crippen LogP contribution in [0, 0.1) is 5.92 Å². The fraction of sp³-hybridized carbons (Fsp3) is 1.00. The molecule has 0 spiro atoms. The van der Waals surface area contributed by atoms with Crippen molar-refractivity contribution < 1.29 is 33.5 Å². The summed E-state index contributed by atoms with van der Waals surface area (Å²) in [6, 6.07) is 0. The molecule has 0 amide bonds. The van der Waals surface area contributed by atoms with Crippen molar-refractivity contribution in [2.75, 3.05) is 0 Å². The lowest BCUT2D eigenvalue weighted by atomic mass is 9.95. The molecule has 1 saturated carbocycles. The minimum atomic E-state index is -4.30. The second kappa shape index (κ2) is 7.91. The minimum Gasteiger partial charge on any atom is -0.393 e. The molecule has 1 unspecified atom stereocenters. The number of aliphatic hydroxyl groups excluding tert-OH is 2. The minimum absolute atomic E-state index is 0.308. The van der Waals surface area contributed by atoms with Gasteiger partial charge in [0.2, 0.25) is 0 Å². The predicted octanol–water partition coefficient (Wildman–Crippen LogP) is 1.99. The zero-order chi connectivity index (χ0) is 17.2. The molecule has 2 aliphatic rings. The number of rotatable bonds is 6. The molecule has 0 bridgehead atoms. The Kier molecular flexibility index (Phi) is 6.65. The Labute approximate surface area is 137 Å². The van der Waals surface area contributed by atoms with Gasteiger partial charge in [0.25, 0.3) is 0 Å². The van der Waals surface area contributed by atoms with Gasteiger partial charge in [0.15, 0.2) is 0 Å². The van der Waals surface area contributed by atoms with E-state index in [9.17, 15) is 19.7 Å². The van der Waals surface area contributed by atoms with Crippen LogP contribution in [-0.4, -0.2) is 51.7 Å². The summed E-state index contributed by atoms with van der Waals surface area (Å²) in [6.45, 7) is 5.74. The van der Waals surface area contributed by atoms with Crippen molar-refractivity contribution in [1.29, 1.82) is 0 Å². The van der Waals surface area contributed by atoms with Crippen LogP contribution in [-0.2, 0) is 18.3 Å². The molecule has 1 aliphatic heterocycles. The van der Waals surface area contributed by atoms with Gasteiger partial charge in [-0.3, -0.25) is 9.05 Å². The molecule has 8 heteroatoms. The Morgan fingerprint density at radius 3 is 2.35 bits per heavy atom. The SMILES string of the molecule is CC(C)C[C@H]1O[C@@H](C)[C@H](O)[C@@H]1OP(=O)(O)O[C@H]1CC[C@H](O)CC1. The van der Waals surface area contributed by atoms with Crippen LogP contribution in [0.15, 0.2) is 0 Å². The number of phosphoric ester groups is 1. The molecule has 0 aromatic heterocycles. The summed E-state index contributed by atoms with van der Waals surface area (Å²) in [5.74, 6) is 0.308. The topological polar surface area (TPSA) is 105 Å². The van der Waals surface area contributed by atoms with Crippen molar-refractivity contribution in [2.45, 2.75) is 89.5 Å². The zero-order valence-electron chi connectivity index (χ0n) is 14.0. The van der Waals surface area contributed by atoms with E-state index in [1.165, 1.54) is 0 Å². The third kappa shape index (κ3) is 5.49. The lowest BCUT2D eigenvalue weighted by Gasteiger charge is -2.29. The molecule has 3 N–H and O–H groups in total. The fourth-order valence-electron chi connectivity index (χ4n) is 3.22. The lowest BCUT2D eigenvalue weighted by Crippen LogP contribution is -2.35. The van der Waals surface area contributed by atoms with E-state index in [0.29, 0.717) is 38.0 Å². The summed E-state index contributed by atoms with van der Waals surface area (Å²) in [6.07, 6.45) is -0.736. The maximum atomic E-state index is 12.3. The van der Waals surface area contributed by atoms with Crippen LogP contribution in [0.4, 0.5) is 0 Å². The first-order valence-electron chi connectivity index (χ1n) is 8.39. The van der Waals surface area contributed by atoms with Gasteiger partial charge in [-0.25, -0.2) is 4.57 Å². The Bertz CT molecular complexity index is 420. The first-order valence-corrected chi connectivity index (χ1v) is 9.88. The van der Waals surface area contributed by atoms with Gasteiger partial charge in [-0.2, -0.15) is 0 Å². The summed E-state index contributed by atoms with van der Waals surface area (Å²) in [7, 11) is -4.30. The largest absolute Gasteiger partial charge is 0.472 e. The van der Waals surface area contributed by atoms with Crippen LogP contribution in [0.3, 0.4) is 0 Å². The highest BCUT2D eigenvalue weighted by Gasteiger charge is 2.46. The molecule has 1 saturated heterocycles. The van der Waals surface area contributed by atoms with Gasteiger partial charge in [-0.05, 0) is 44.9 Å². The van der Waals surface area contributed by atoms with Crippen LogP contribution in [0.5, 0.6) is 0 Å². The summed E-state index contributed by atoms with van der Waals surface area (Å²) in [5, 5.41) is 19.6. The molecule has 7 nitrogen and oxygen atoms in total. The number of aliphatic hydroxyl groups is 2. The molecule has 136 valence electrons. The second-order valence-corrected chi connectivity index (χ2v) is 8.43. The van der Waals surface area contributed by atoms with Crippen LogP contribution in [0.2, 0.25) is 0 Å². The molecule has 2 rings (SSSR count). The predicted molar refractivity (Wildman–Crippen MR) is 83.8 cm³/mol. The van der Waals surface area contributed by atoms with Gasteiger partial charge in [-0.1, -0.05) is 13.8 Å². The van der Waals surface area contributed by atoms with E-state index < -0.39 is 38.3 Å². The first-order chi connectivity index (χ1) is 10.7. The van der Waals surface area contributed by atoms with Gasteiger partial charge in [0, 0.05) is 0 Å². The highest BCUT2D eigenvalue weighted by atomic mass is 31.2. The van der Waals surface area contributed by atoms with Gasteiger partial charge in [0.05, 0.1) is 24.4 Å². The van der Waals surface area contributed by atoms with E-state index in [2.05, 4.69) is 0 Å². The Balaban J connectivity index is 1.95. The van der Waals surface area contributed by atoms with E-state index >= 15 is 0 Å². The first kappa shape index (κ1) is 19.3. The van der Waals surface area contributed by atoms with Crippen LogP contribution in [0.25, 0.3) is 0 Å². The van der Waals surface area contributed by atoms with E-state index in [-0.39, 0.29) is 6.10 Å². The van der Waals surface area contributed by atoms with Crippen molar-refractivity contribution in [2.24, 2.45) is 5.92 Å². The van der Waals surface area contributed by atoms with E-state index in [1.54, 1.807) is 6.92 Å². The van der Waals surface area contributed by atoms with Crippen LogP contribution in [0.1, 0.15) is 52.9 Å². The number of phosphoric acid groups is 1. The highest BCUT2D eigenvalue weighted by Crippen LogP contribution is 2.50. The van der Waals surface area contributed by atoms with Crippen LogP contribution >= 0.6 is 7.82 Å². The molecule has 2 fully saturated rings. The van der Waals surface area contributed by atoms with Crippen molar-refractivity contribution in [3.63, 3.8) is 0 Å². The number of ether oxygens (including phenoxy) is 1. The molecular formula is C15H29O7P. The standard InChI is InChI=1S/C15H29O7P/c1-9(2)8-13-15(14(17)10(3)20-13)22-23(18,19)21-12-6-4-11(16)5-7-12/h9-17H,4-8H2,1-3H3,(H,18,19)/t10-,11-,12-,13+,14-,15+/m0/s1. The van der Waals surface area contributed by atoms with Gasteiger partial charge >= 0.3 is 7.82 Å². The van der Waals surface area contributed by atoms with Crippen molar-refractivity contribution in [3.05, 3.63) is 0 Å². The van der Waals surface area contributed by atoms with Gasteiger partial charge in [-0.15, -0.1) is 0 Å². The third-order valence-electron chi connectivity index (χ3n) is 4.46. The molecule has 0 aromatic rings. The summed E-state index contributed by atoms with van der Waals surface area (Å²) in [4.78, 5) is 10.0. The third-order valence-corrected chi connectivity index (χ3v) is 5.53. The molecule has 0 radical (unpaired) electrons. The molecular weight excluding hydrogens is 323 g/mol. The maximum Gasteiger partial charge on any atom is 0.472 e. The molecule has 23 heavy (non-hydrogen) atoms. The Morgan fingerprint density at radius 2 is 1.78 bits per heavy atom. The smallest absolute Gasteiger partial charge is 0.393 e. The van der Waals surface area contributed by atoms with E-state index in [1.807, 2.05) is 13.8 Å². The maximum absolute atomic E-state index is 12.3. The summed E-state index contributed by atoms with van der Waals surface area (Å²) in [5.41, 5.74) is 0. The Hall–Kier alpha value is -0.0100. The van der Waals surface area contributed by atoms with Crippen LogP contribution < -0.4 is 0 Å². The van der Waals surface area contributed by atoms with Gasteiger partial charge in [0.1, 0.15) is 12.2 Å². The highest BCUT2D eigenvalue weighted by molar-refractivity contribution is 7.47. The second-order valence-electron chi connectivity index (χ2n) is 7.07. The fourth-order valence-corrected chi connectivity index (χ4v) is 4.43. The van der Waals surface area contributed by atoms with E-state index in [0.717, 1.165) is 0 Å². The summed E-state index contributed by atoms with van der Waals surface area (Å²) >= 11 is 0.